The quantitative estimate of drug-likeness (QED) is 0.525. The van der Waals surface area contributed by atoms with Gasteiger partial charge < -0.3 is 5.11 Å². The minimum absolute atomic E-state index is 0.0122. The largest absolute Gasteiger partial charge is 0.393 e. The van der Waals surface area contributed by atoms with Gasteiger partial charge in [0, 0.05) is 5.41 Å². The highest BCUT2D eigenvalue weighted by molar-refractivity contribution is 7.92. The van der Waals surface area contributed by atoms with Crippen LogP contribution in [0, 0.1) is 5.41 Å². The number of aliphatic hydroxyl groups is 1. The molecule has 1 heterocycles. The Labute approximate surface area is 60.0 Å². The molecule has 2 aliphatic rings. The lowest BCUT2D eigenvalue weighted by Gasteiger charge is -2.51. The number of hydrogen-bond donors (Lipinski definition) is 1. The maximum atomic E-state index is 10.7. The van der Waals surface area contributed by atoms with Crippen LogP contribution in [0.5, 0.6) is 0 Å². The first-order chi connectivity index (χ1) is 4.52. The molecule has 1 N–H and O–H groups in total. The van der Waals surface area contributed by atoms with Crippen molar-refractivity contribution in [2.45, 2.75) is 18.9 Å². The molecule has 4 heteroatoms. The molecule has 10 heavy (non-hydrogen) atoms. The van der Waals surface area contributed by atoms with Gasteiger partial charge in [-0.15, -0.1) is 0 Å². The molecule has 1 saturated carbocycles. The maximum Gasteiger partial charge on any atom is 0.151 e. The van der Waals surface area contributed by atoms with Crippen LogP contribution in [0.4, 0.5) is 0 Å². The van der Waals surface area contributed by atoms with E-state index in [2.05, 4.69) is 0 Å². The van der Waals surface area contributed by atoms with Crippen LogP contribution in [-0.2, 0) is 9.84 Å². The first-order valence-electron chi connectivity index (χ1n) is 3.40. The normalized spacial score (nSPS) is 34.9. The van der Waals surface area contributed by atoms with Gasteiger partial charge in [-0.2, -0.15) is 0 Å². The predicted molar refractivity (Wildman–Crippen MR) is 36.3 cm³/mol. The third kappa shape index (κ3) is 0.787. The van der Waals surface area contributed by atoms with Crippen LogP contribution in [0.3, 0.4) is 0 Å². The van der Waals surface area contributed by atoms with E-state index in [1.54, 1.807) is 0 Å². The summed E-state index contributed by atoms with van der Waals surface area (Å²) >= 11 is 0. The number of aliphatic hydroxyl groups excluding tert-OH is 1. The van der Waals surface area contributed by atoms with Crippen molar-refractivity contribution in [2.75, 3.05) is 11.5 Å². The van der Waals surface area contributed by atoms with Crippen LogP contribution in [0.25, 0.3) is 0 Å². The molecular formula is C6H10O3S. The monoisotopic (exact) mass is 162 g/mol. The fourth-order valence-corrected chi connectivity index (χ4v) is 4.32. The fraction of sp³-hybridized carbons (Fsp3) is 1.00. The van der Waals surface area contributed by atoms with Gasteiger partial charge in [0.05, 0.1) is 17.6 Å². The van der Waals surface area contributed by atoms with Crippen molar-refractivity contribution in [1.29, 1.82) is 0 Å². The van der Waals surface area contributed by atoms with E-state index in [1.807, 2.05) is 0 Å². The second kappa shape index (κ2) is 1.56. The van der Waals surface area contributed by atoms with Gasteiger partial charge in [-0.05, 0) is 12.8 Å². The van der Waals surface area contributed by atoms with E-state index in [1.165, 1.54) is 0 Å². The molecule has 58 valence electrons. The molecule has 1 saturated heterocycles. The van der Waals surface area contributed by atoms with E-state index in [4.69, 9.17) is 5.11 Å². The van der Waals surface area contributed by atoms with Crippen LogP contribution in [-0.4, -0.2) is 31.1 Å². The van der Waals surface area contributed by atoms with Gasteiger partial charge in [0.1, 0.15) is 0 Å². The Balaban J connectivity index is 2.03. The third-order valence-electron chi connectivity index (χ3n) is 2.39. The van der Waals surface area contributed by atoms with E-state index < -0.39 is 9.84 Å². The van der Waals surface area contributed by atoms with Gasteiger partial charge in [0.15, 0.2) is 9.84 Å². The summed E-state index contributed by atoms with van der Waals surface area (Å²) in [6.07, 6.45) is 1.17. The van der Waals surface area contributed by atoms with Crippen LogP contribution in [0.15, 0.2) is 0 Å². The Bertz CT molecular complexity index is 234. The summed E-state index contributed by atoms with van der Waals surface area (Å²) in [5.41, 5.74) is 0.0122. The Kier molecular flexibility index (Phi) is 1.03. The molecule has 0 aromatic rings. The highest BCUT2D eigenvalue weighted by Crippen LogP contribution is 2.49. The van der Waals surface area contributed by atoms with Crippen molar-refractivity contribution in [3.8, 4) is 0 Å². The smallest absolute Gasteiger partial charge is 0.151 e. The van der Waals surface area contributed by atoms with Gasteiger partial charge >= 0.3 is 0 Å². The zero-order valence-electron chi connectivity index (χ0n) is 5.58. The second-order valence-corrected chi connectivity index (χ2v) is 5.66. The summed E-state index contributed by atoms with van der Waals surface area (Å²) < 4.78 is 21.4. The lowest BCUT2D eigenvalue weighted by molar-refractivity contribution is -0.0126. The zero-order valence-corrected chi connectivity index (χ0v) is 6.39. The third-order valence-corrected chi connectivity index (χ3v) is 4.49. The molecule has 0 unspecified atom stereocenters. The molecule has 2 fully saturated rings. The first-order valence-corrected chi connectivity index (χ1v) is 5.22. The summed E-state index contributed by atoms with van der Waals surface area (Å²) in [5, 5.41) is 8.92. The van der Waals surface area contributed by atoms with Gasteiger partial charge in [-0.3, -0.25) is 0 Å². The summed E-state index contributed by atoms with van der Waals surface area (Å²) in [7, 11) is -2.68. The van der Waals surface area contributed by atoms with Gasteiger partial charge in [0.2, 0.25) is 0 Å². The fourth-order valence-electron chi connectivity index (χ4n) is 2.07. The molecule has 1 spiro atoms. The summed E-state index contributed by atoms with van der Waals surface area (Å²) in [5.74, 6) is 0.633. The van der Waals surface area contributed by atoms with Crippen molar-refractivity contribution in [3.63, 3.8) is 0 Å². The molecule has 1 aliphatic carbocycles. The Morgan fingerprint density at radius 2 is 1.80 bits per heavy atom. The standard InChI is InChI=1S/C6H10O3S/c7-5-1-6(2-5)3-10(8,9)4-6/h5,7H,1-4H2. The zero-order chi connectivity index (χ0) is 7.41. The van der Waals surface area contributed by atoms with Crippen LogP contribution < -0.4 is 0 Å². The lowest BCUT2D eigenvalue weighted by atomic mass is 9.69. The number of sulfone groups is 1. The van der Waals surface area contributed by atoms with Gasteiger partial charge in [0.25, 0.3) is 0 Å². The molecule has 0 bridgehead atoms. The number of hydrogen-bond acceptors (Lipinski definition) is 3. The molecule has 0 aromatic heterocycles. The first kappa shape index (κ1) is 6.61. The maximum absolute atomic E-state index is 10.7. The topological polar surface area (TPSA) is 54.4 Å². The lowest BCUT2D eigenvalue weighted by Crippen LogP contribution is -2.58. The average molecular weight is 162 g/mol. The molecule has 0 amide bonds. The van der Waals surface area contributed by atoms with E-state index in [0.717, 1.165) is 0 Å². The second-order valence-electron chi connectivity index (χ2n) is 3.59. The van der Waals surface area contributed by atoms with Gasteiger partial charge in [-0.25, -0.2) is 8.42 Å². The van der Waals surface area contributed by atoms with Crippen molar-refractivity contribution < 1.29 is 13.5 Å². The molecule has 3 nitrogen and oxygen atoms in total. The SMILES string of the molecule is O=S1(=O)CC2(CC(O)C2)C1. The molecule has 1 aliphatic heterocycles. The molecule has 0 atom stereocenters. The highest BCUT2D eigenvalue weighted by atomic mass is 32.2. The van der Waals surface area contributed by atoms with E-state index in [9.17, 15) is 8.42 Å². The Hall–Kier alpha value is -0.0900. The van der Waals surface area contributed by atoms with Crippen molar-refractivity contribution in [1.82, 2.24) is 0 Å². The molecule has 0 radical (unpaired) electrons. The van der Waals surface area contributed by atoms with Crippen molar-refractivity contribution in [2.24, 2.45) is 5.41 Å². The van der Waals surface area contributed by atoms with Crippen molar-refractivity contribution in [3.05, 3.63) is 0 Å². The Morgan fingerprint density at radius 1 is 1.30 bits per heavy atom. The summed E-state index contributed by atoms with van der Waals surface area (Å²) in [6, 6.07) is 0. The van der Waals surface area contributed by atoms with Crippen LogP contribution in [0.1, 0.15) is 12.8 Å². The predicted octanol–water partition coefficient (Wildman–Crippen LogP) is -0.444. The molecular weight excluding hydrogens is 152 g/mol. The summed E-state index contributed by atoms with van der Waals surface area (Å²) in [6.45, 7) is 0. The van der Waals surface area contributed by atoms with Crippen LogP contribution in [0.2, 0.25) is 0 Å². The number of rotatable bonds is 0. The average Bonchev–Trinajstić information content (AvgIpc) is 1.55. The van der Waals surface area contributed by atoms with Crippen LogP contribution >= 0.6 is 0 Å². The molecule has 0 aromatic carbocycles. The van der Waals surface area contributed by atoms with E-state index >= 15 is 0 Å². The van der Waals surface area contributed by atoms with Crippen molar-refractivity contribution >= 4 is 9.84 Å². The minimum atomic E-state index is -2.68. The van der Waals surface area contributed by atoms with E-state index in [-0.39, 0.29) is 11.5 Å². The summed E-state index contributed by atoms with van der Waals surface area (Å²) in [4.78, 5) is 0. The minimum Gasteiger partial charge on any atom is -0.393 e. The Morgan fingerprint density at radius 3 is 2.10 bits per heavy atom. The van der Waals surface area contributed by atoms with Gasteiger partial charge in [-0.1, -0.05) is 0 Å². The van der Waals surface area contributed by atoms with E-state index in [0.29, 0.717) is 24.3 Å². The highest BCUT2D eigenvalue weighted by Gasteiger charge is 2.55. The molecule has 2 rings (SSSR count).